The van der Waals surface area contributed by atoms with Crippen LogP contribution >= 0.6 is 24.0 Å². The van der Waals surface area contributed by atoms with E-state index in [0.29, 0.717) is 58.4 Å². The normalized spacial score (nSPS) is 14.3. The van der Waals surface area contributed by atoms with Gasteiger partial charge in [0.1, 0.15) is 4.32 Å². The van der Waals surface area contributed by atoms with Crippen molar-refractivity contribution in [2.45, 2.75) is 13.0 Å². The van der Waals surface area contributed by atoms with Gasteiger partial charge in [-0.2, -0.15) is 0 Å². The predicted octanol–water partition coefficient (Wildman–Crippen LogP) is 5.95. The first-order chi connectivity index (χ1) is 17.6. The minimum absolute atomic E-state index is 0.118. The molecule has 0 atom stereocenters. The zero-order valence-electron chi connectivity index (χ0n) is 20.1. The average molecular weight is 522 g/mol. The van der Waals surface area contributed by atoms with E-state index >= 15 is 0 Å². The van der Waals surface area contributed by atoms with Crippen LogP contribution in [0.15, 0.2) is 77.7 Å². The Labute approximate surface area is 220 Å². The Bertz CT molecular complexity index is 1250. The lowest BCUT2D eigenvalue weighted by molar-refractivity contribution is -0.122. The van der Waals surface area contributed by atoms with Gasteiger partial charge in [0.05, 0.1) is 38.9 Å². The number of rotatable bonds is 11. The number of hydrogen-bond donors (Lipinski definition) is 0. The highest BCUT2D eigenvalue weighted by molar-refractivity contribution is 8.26. The monoisotopic (exact) mass is 521 g/mol. The molecule has 0 spiro atoms. The molecular formula is C28H27NO5S2. The van der Waals surface area contributed by atoms with Crippen LogP contribution in [0.1, 0.15) is 17.5 Å². The second-order valence-corrected chi connectivity index (χ2v) is 9.51. The van der Waals surface area contributed by atoms with Crippen LogP contribution in [0.25, 0.3) is 6.08 Å². The molecule has 1 aliphatic heterocycles. The lowest BCUT2D eigenvalue weighted by Gasteiger charge is -2.15. The van der Waals surface area contributed by atoms with Crippen LogP contribution in [0.5, 0.6) is 23.0 Å². The van der Waals surface area contributed by atoms with Gasteiger partial charge in [0.2, 0.25) is 0 Å². The smallest absolute Gasteiger partial charge is 0.266 e. The molecule has 0 radical (unpaired) electrons. The van der Waals surface area contributed by atoms with Crippen molar-refractivity contribution >= 4 is 40.3 Å². The van der Waals surface area contributed by atoms with E-state index in [2.05, 4.69) is 0 Å². The van der Waals surface area contributed by atoms with Crippen LogP contribution in [0, 0.1) is 0 Å². The number of thioether (sulfide) groups is 1. The molecule has 1 amide bonds. The molecule has 0 saturated carbocycles. The van der Waals surface area contributed by atoms with Crippen molar-refractivity contribution in [2.75, 3.05) is 27.4 Å². The molecule has 1 heterocycles. The fraction of sp³-hybridized carbons (Fsp3) is 0.214. The van der Waals surface area contributed by atoms with E-state index in [-0.39, 0.29) is 5.91 Å². The number of hydrogen-bond acceptors (Lipinski definition) is 7. The SMILES string of the molecule is COc1ccccc1OCCCOc1c(C=C2SC(=S)N(Cc3ccccc3)C2=O)cccc1OC. The lowest BCUT2D eigenvalue weighted by atomic mass is 10.1. The molecule has 0 aromatic heterocycles. The van der Waals surface area contributed by atoms with E-state index in [9.17, 15) is 4.79 Å². The molecule has 0 aliphatic carbocycles. The van der Waals surface area contributed by atoms with E-state index in [0.717, 1.165) is 11.1 Å². The number of ether oxygens (including phenoxy) is 4. The van der Waals surface area contributed by atoms with Crippen LogP contribution in [-0.2, 0) is 11.3 Å². The van der Waals surface area contributed by atoms with Gasteiger partial charge in [-0.15, -0.1) is 0 Å². The molecule has 0 N–H and O–H groups in total. The Morgan fingerprint density at radius 1 is 0.833 bits per heavy atom. The van der Waals surface area contributed by atoms with Gasteiger partial charge < -0.3 is 18.9 Å². The van der Waals surface area contributed by atoms with Gasteiger partial charge in [0, 0.05) is 12.0 Å². The fourth-order valence-electron chi connectivity index (χ4n) is 3.66. The number of para-hydroxylation sites is 3. The summed E-state index contributed by atoms with van der Waals surface area (Å²) >= 11 is 6.79. The minimum atomic E-state index is -0.118. The van der Waals surface area contributed by atoms with Crippen molar-refractivity contribution in [1.82, 2.24) is 4.90 Å². The zero-order valence-corrected chi connectivity index (χ0v) is 21.8. The summed E-state index contributed by atoms with van der Waals surface area (Å²) in [5, 5.41) is 0. The molecule has 3 aromatic rings. The topological polar surface area (TPSA) is 57.2 Å². The number of thiocarbonyl (C=S) groups is 1. The Kier molecular flexibility index (Phi) is 8.86. The summed E-state index contributed by atoms with van der Waals surface area (Å²) in [6.07, 6.45) is 2.46. The molecule has 3 aromatic carbocycles. The van der Waals surface area contributed by atoms with Crippen molar-refractivity contribution in [3.05, 3.63) is 88.8 Å². The van der Waals surface area contributed by atoms with Crippen LogP contribution in [0.4, 0.5) is 0 Å². The van der Waals surface area contributed by atoms with Crippen molar-refractivity contribution < 1.29 is 23.7 Å². The van der Waals surface area contributed by atoms with Gasteiger partial charge >= 0.3 is 0 Å². The van der Waals surface area contributed by atoms with Gasteiger partial charge in [-0.25, -0.2) is 0 Å². The number of carbonyl (C=O) groups excluding carboxylic acids is 1. The molecule has 6 nitrogen and oxygen atoms in total. The molecule has 4 rings (SSSR count). The zero-order chi connectivity index (χ0) is 25.3. The summed E-state index contributed by atoms with van der Waals surface area (Å²) in [6, 6.07) is 22.9. The first kappa shape index (κ1) is 25.6. The predicted molar refractivity (Wildman–Crippen MR) is 147 cm³/mol. The second-order valence-electron chi connectivity index (χ2n) is 7.83. The minimum Gasteiger partial charge on any atom is -0.493 e. The van der Waals surface area contributed by atoms with E-state index in [1.165, 1.54) is 11.8 Å². The summed E-state index contributed by atoms with van der Waals surface area (Å²) in [4.78, 5) is 15.3. The third kappa shape index (κ3) is 6.19. The molecule has 1 fully saturated rings. The molecular weight excluding hydrogens is 494 g/mol. The third-order valence-corrected chi connectivity index (χ3v) is 6.81. The lowest BCUT2D eigenvalue weighted by Crippen LogP contribution is -2.27. The van der Waals surface area contributed by atoms with E-state index in [1.54, 1.807) is 19.1 Å². The van der Waals surface area contributed by atoms with Crippen molar-refractivity contribution in [2.24, 2.45) is 0 Å². The Balaban J connectivity index is 1.43. The molecule has 0 bridgehead atoms. The summed E-state index contributed by atoms with van der Waals surface area (Å²) in [5.74, 6) is 2.43. The van der Waals surface area contributed by atoms with Gasteiger partial charge in [0.25, 0.3) is 5.91 Å². The van der Waals surface area contributed by atoms with E-state index in [1.807, 2.05) is 78.9 Å². The number of benzene rings is 3. The molecule has 36 heavy (non-hydrogen) atoms. The van der Waals surface area contributed by atoms with Crippen molar-refractivity contribution in [3.63, 3.8) is 0 Å². The number of nitrogens with zero attached hydrogens (tertiary/aromatic N) is 1. The van der Waals surface area contributed by atoms with Gasteiger partial charge in [0.15, 0.2) is 23.0 Å². The van der Waals surface area contributed by atoms with Gasteiger partial charge in [-0.1, -0.05) is 78.6 Å². The van der Waals surface area contributed by atoms with Crippen LogP contribution < -0.4 is 18.9 Å². The number of amides is 1. The summed E-state index contributed by atoms with van der Waals surface area (Å²) < 4.78 is 23.3. The Morgan fingerprint density at radius 3 is 2.25 bits per heavy atom. The maximum absolute atomic E-state index is 13.1. The first-order valence-electron chi connectivity index (χ1n) is 11.5. The molecule has 0 unspecified atom stereocenters. The maximum Gasteiger partial charge on any atom is 0.266 e. The summed E-state index contributed by atoms with van der Waals surface area (Å²) in [5.41, 5.74) is 1.77. The average Bonchev–Trinajstić information content (AvgIpc) is 3.17. The summed E-state index contributed by atoms with van der Waals surface area (Å²) in [6.45, 7) is 1.31. The van der Waals surface area contributed by atoms with Gasteiger partial charge in [-0.05, 0) is 29.8 Å². The van der Waals surface area contributed by atoms with Crippen molar-refractivity contribution in [1.29, 1.82) is 0 Å². The highest BCUT2D eigenvalue weighted by atomic mass is 32.2. The number of methoxy groups -OCH3 is 2. The quantitative estimate of drug-likeness (QED) is 0.175. The van der Waals surface area contributed by atoms with Crippen LogP contribution in [0.2, 0.25) is 0 Å². The van der Waals surface area contributed by atoms with E-state index in [4.69, 9.17) is 31.2 Å². The number of carbonyl (C=O) groups is 1. The largest absolute Gasteiger partial charge is 0.493 e. The standard InChI is InChI=1S/C28H27NO5S2/c1-31-22-13-6-7-14-23(22)33-16-9-17-34-26-21(12-8-15-24(26)32-2)18-25-27(30)29(28(35)36-25)19-20-10-4-3-5-11-20/h3-8,10-15,18H,9,16-17,19H2,1-2H3. The third-order valence-electron chi connectivity index (χ3n) is 5.43. The fourth-order valence-corrected chi connectivity index (χ4v) is 4.90. The first-order valence-corrected chi connectivity index (χ1v) is 12.7. The second kappa shape index (κ2) is 12.5. The molecule has 8 heteroatoms. The summed E-state index contributed by atoms with van der Waals surface area (Å²) in [7, 11) is 3.21. The van der Waals surface area contributed by atoms with Crippen molar-refractivity contribution in [3.8, 4) is 23.0 Å². The van der Waals surface area contributed by atoms with E-state index < -0.39 is 0 Å². The molecule has 1 saturated heterocycles. The van der Waals surface area contributed by atoms with Crippen LogP contribution in [-0.4, -0.2) is 42.6 Å². The van der Waals surface area contributed by atoms with Crippen LogP contribution in [0.3, 0.4) is 0 Å². The highest BCUT2D eigenvalue weighted by Crippen LogP contribution is 2.38. The highest BCUT2D eigenvalue weighted by Gasteiger charge is 2.32. The maximum atomic E-state index is 13.1. The van der Waals surface area contributed by atoms with Gasteiger partial charge in [-0.3, -0.25) is 9.69 Å². The molecule has 1 aliphatic rings. The Hall–Kier alpha value is -3.49. The Morgan fingerprint density at radius 2 is 1.50 bits per heavy atom. The molecule has 186 valence electrons.